The van der Waals surface area contributed by atoms with Gasteiger partial charge < -0.3 is 15.4 Å². The van der Waals surface area contributed by atoms with Gasteiger partial charge in [-0.25, -0.2) is 0 Å². The maximum atomic E-state index is 12.0. The van der Waals surface area contributed by atoms with Crippen molar-refractivity contribution in [2.45, 2.75) is 38.1 Å². The molecule has 2 N–H and O–H groups in total. The molecule has 2 aliphatic rings. The highest BCUT2D eigenvalue weighted by molar-refractivity contribution is 5.97. The normalized spacial score (nSPS) is 20.6. The third-order valence-corrected chi connectivity index (χ3v) is 4.20. The van der Waals surface area contributed by atoms with Crippen LogP contribution in [-0.2, 0) is 9.53 Å². The van der Waals surface area contributed by atoms with Gasteiger partial charge in [0.1, 0.15) is 11.6 Å². The average Bonchev–Trinajstić information content (AvgIpc) is 3.04. The zero-order valence-electron chi connectivity index (χ0n) is 13.1. The Morgan fingerprint density at radius 2 is 2.05 bits per heavy atom. The first-order valence-electron chi connectivity index (χ1n) is 8.24. The molecule has 1 saturated carbocycles. The molecule has 0 aromatic rings. The van der Waals surface area contributed by atoms with Crippen molar-refractivity contribution in [3.8, 4) is 6.07 Å². The summed E-state index contributed by atoms with van der Waals surface area (Å²) in [4.78, 5) is 14.3. The van der Waals surface area contributed by atoms with Gasteiger partial charge in [0, 0.05) is 31.9 Å². The molecular weight excluding hydrogens is 280 g/mol. The Balaban J connectivity index is 1.63. The van der Waals surface area contributed by atoms with Crippen molar-refractivity contribution in [1.82, 2.24) is 15.5 Å². The lowest BCUT2D eigenvalue weighted by molar-refractivity contribution is -0.117. The SMILES string of the molecule is N#C/C(=C/NCCCN1CCOCC1)C(=O)NC1CCCC1. The molecule has 1 aliphatic carbocycles. The van der Waals surface area contributed by atoms with Crippen LogP contribution in [0.3, 0.4) is 0 Å². The van der Waals surface area contributed by atoms with E-state index in [2.05, 4.69) is 15.5 Å². The Labute approximate surface area is 132 Å². The standard InChI is InChI=1S/C16H26N4O2/c17-12-14(16(21)19-15-4-1-2-5-15)13-18-6-3-7-20-8-10-22-11-9-20/h13,15,18H,1-11H2,(H,19,21)/b14-13-. The molecule has 0 aromatic heterocycles. The summed E-state index contributed by atoms with van der Waals surface area (Å²) in [5.41, 5.74) is 0.165. The third-order valence-electron chi connectivity index (χ3n) is 4.20. The van der Waals surface area contributed by atoms with Gasteiger partial charge in [0.25, 0.3) is 5.91 Å². The predicted molar refractivity (Wildman–Crippen MR) is 84.0 cm³/mol. The molecular formula is C16H26N4O2. The summed E-state index contributed by atoms with van der Waals surface area (Å²) in [5, 5.41) is 15.1. The second-order valence-corrected chi connectivity index (χ2v) is 5.89. The van der Waals surface area contributed by atoms with Crippen molar-refractivity contribution < 1.29 is 9.53 Å². The molecule has 22 heavy (non-hydrogen) atoms. The van der Waals surface area contributed by atoms with Crippen molar-refractivity contribution in [2.24, 2.45) is 0 Å². The molecule has 0 radical (unpaired) electrons. The molecule has 1 aliphatic heterocycles. The minimum absolute atomic E-state index is 0.165. The number of morpholine rings is 1. The molecule has 0 spiro atoms. The maximum absolute atomic E-state index is 12.0. The van der Waals surface area contributed by atoms with Gasteiger partial charge >= 0.3 is 0 Å². The second kappa shape index (κ2) is 9.44. The lowest BCUT2D eigenvalue weighted by Gasteiger charge is -2.26. The lowest BCUT2D eigenvalue weighted by atomic mass is 10.2. The Kier molecular flexibility index (Phi) is 7.20. The zero-order valence-corrected chi connectivity index (χ0v) is 13.1. The summed E-state index contributed by atoms with van der Waals surface area (Å²) in [6.07, 6.45) is 6.91. The number of nitrogens with zero attached hydrogens (tertiary/aromatic N) is 2. The molecule has 0 bridgehead atoms. The number of nitriles is 1. The summed E-state index contributed by atoms with van der Waals surface area (Å²) in [6, 6.07) is 2.22. The molecule has 1 amide bonds. The molecule has 0 atom stereocenters. The molecule has 6 heteroatoms. The van der Waals surface area contributed by atoms with Crippen LogP contribution in [0.25, 0.3) is 0 Å². The maximum Gasteiger partial charge on any atom is 0.263 e. The van der Waals surface area contributed by atoms with Gasteiger partial charge in [-0.2, -0.15) is 5.26 Å². The molecule has 122 valence electrons. The number of rotatable bonds is 7. The van der Waals surface area contributed by atoms with Crippen LogP contribution in [-0.4, -0.2) is 56.2 Å². The van der Waals surface area contributed by atoms with E-state index in [1.54, 1.807) is 6.20 Å². The van der Waals surface area contributed by atoms with Crippen LogP contribution in [0.2, 0.25) is 0 Å². The number of ether oxygens (including phenoxy) is 1. The first-order chi connectivity index (χ1) is 10.8. The van der Waals surface area contributed by atoms with Gasteiger partial charge in [-0.05, 0) is 25.8 Å². The quantitative estimate of drug-likeness (QED) is 0.413. The predicted octanol–water partition coefficient (Wildman–Crippen LogP) is 0.765. The Morgan fingerprint density at radius 3 is 2.73 bits per heavy atom. The summed E-state index contributed by atoms with van der Waals surface area (Å²) in [5.74, 6) is -0.255. The Hall–Kier alpha value is -1.58. The molecule has 2 rings (SSSR count). The van der Waals surface area contributed by atoms with E-state index in [4.69, 9.17) is 10.00 Å². The van der Waals surface area contributed by atoms with Crippen molar-refractivity contribution >= 4 is 5.91 Å². The van der Waals surface area contributed by atoms with E-state index in [1.165, 1.54) is 0 Å². The van der Waals surface area contributed by atoms with E-state index >= 15 is 0 Å². The fourth-order valence-electron chi connectivity index (χ4n) is 2.89. The molecule has 0 aromatic carbocycles. The van der Waals surface area contributed by atoms with E-state index in [9.17, 15) is 4.79 Å². The van der Waals surface area contributed by atoms with Crippen molar-refractivity contribution in [2.75, 3.05) is 39.4 Å². The van der Waals surface area contributed by atoms with Crippen molar-refractivity contribution in [3.63, 3.8) is 0 Å². The van der Waals surface area contributed by atoms with Crippen LogP contribution in [0.1, 0.15) is 32.1 Å². The highest BCUT2D eigenvalue weighted by Gasteiger charge is 2.19. The highest BCUT2D eigenvalue weighted by Crippen LogP contribution is 2.17. The summed E-state index contributed by atoms with van der Waals surface area (Å²) in [7, 11) is 0. The van der Waals surface area contributed by atoms with Gasteiger partial charge in [-0.15, -0.1) is 0 Å². The van der Waals surface area contributed by atoms with Gasteiger partial charge in [0.05, 0.1) is 13.2 Å². The first-order valence-corrected chi connectivity index (χ1v) is 8.24. The number of amides is 1. The topological polar surface area (TPSA) is 77.4 Å². The van der Waals surface area contributed by atoms with Crippen LogP contribution in [0, 0.1) is 11.3 Å². The number of hydrogen-bond acceptors (Lipinski definition) is 5. The highest BCUT2D eigenvalue weighted by atomic mass is 16.5. The van der Waals surface area contributed by atoms with Crippen LogP contribution >= 0.6 is 0 Å². The van der Waals surface area contributed by atoms with Gasteiger partial charge in [-0.1, -0.05) is 12.8 Å². The Morgan fingerprint density at radius 1 is 1.32 bits per heavy atom. The van der Waals surface area contributed by atoms with E-state index in [-0.39, 0.29) is 17.5 Å². The number of carbonyl (C=O) groups is 1. The fraction of sp³-hybridized carbons (Fsp3) is 0.750. The molecule has 6 nitrogen and oxygen atoms in total. The molecule has 2 fully saturated rings. The van der Waals surface area contributed by atoms with E-state index in [0.29, 0.717) is 0 Å². The minimum atomic E-state index is -0.255. The molecule has 0 unspecified atom stereocenters. The second-order valence-electron chi connectivity index (χ2n) is 5.89. The third kappa shape index (κ3) is 5.66. The number of carbonyl (C=O) groups excluding carboxylic acids is 1. The van der Waals surface area contributed by atoms with Crippen molar-refractivity contribution in [1.29, 1.82) is 5.26 Å². The minimum Gasteiger partial charge on any atom is -0.390 e. The van der Waals surface area contributed by atoms with Crippen molar-refractivity contribution in [3.05, 3.63) is 11.8 Å². The average molecular weight is 306 g/mol. The number of hydrogen-bond donors (Lipinski definition) is 2. The van der Waals surface area contributed by atoms with Gasteiger partial charge in [0.15, 0.2) is 0 Å². The molecule has 1 heterocycles. The zero-order chi connectivity index (χ0) is 15.6. The van der Waals surface area contributed by atoms with Crippen LogP contribution in [0.5, 0.6) is 0 Å². The van der Waals surface area contributed by atoms with E-state index < -0.39 is 0 Å². The van der Waals surface area contributed by atoms with Crippen LogP contribution in [0.15, 0.2) is 11.8 Å². The summed E-state index contributed by atoms with van der Waals surface area (Å²) in [6.45, 7) is 5.38. The summed E-state index contributed by atoms with van der Waals surface area (Å²) < 4.78 is 5.31. The smallest absolute Gasteiger partial charge is 0.263 e. The monoisotopic (exact) mass is 306 g/mol. The summed E-state index contributed by atoms with van der Waals surface area (Å²) >= 11 is 0. The van der Waals surface area contributed by atoms with Gasteiger partial charge in [0.2, 0.25) is 0 Å². The number of nitrogens with one attached hydrogen (secondary N) is 2. The van der Waals surface area contributed by atoms with E-state index in [1.807, 2.05) is 6.07 Å². The van der Waals surface area contributed by atoms with Crippen LogP contribution < -0.4 is 10.6 Å². The first kappa shape index (κ1) is 16.8. The Bertz CT molecular complexity index is 418. The lowest BCUT2D eigenvalue weighted by Crippen LogP contribution is -2.37. The largest absolute Gasteiger partial charge is 0.390 e. The van der Waals surface area contributed by atoms with Gasteiger partial charge in [-0.3, -0.25) is 9.69 Å². The van der Waals surface area contributed by atoms with E-state index in [0.717, 1.165) is 71.5 Å². The molecule has 1 saturated heterocycles. The van der Waals surface area contributed by atoms with Crippen LogP contribution in [0.4, 0.5) is 0 Å². The fourth-order valence-corrected chi connectivity index (χ4v) is 2.89.